The quantitative estimate of drug-likeness (QED) is 0.537. The van der Waals surface area contributed by atoms with E-state index in [0.29, 0.717) is 12.8 Å². The molecule has 1 aromatic carbocycles. The molecule has 15 heavy (non-hydrogen) atoms. The summed E-state index contributed by atoms with van der Waals surface area (Å²) in [6.45, 7) is 2.59. The Hall–Kier alpha value is -1.64. The van der Waals surface area contributed by atoms with Crippen LogP contribution in [0.2, 0.25) is 0 Å². The molecule has 0 bridgehead atoms. The van der Waals surface area contributed by atoms with Gasteiger partial charge in [0.15, 0.2) is 6.29 Å². The number of Topliss-reactive ketones (excluding diaryl/α,β-unsaturated/α-hetero) is 1. The lowest BCUT2D eigenvalue weighted by Crippen LogP contribution is -2.21. The maximum absolute atomic E-state index is 11.4. The molecule has 1 aromatic rings. The van der Waals surface area contributed by atoms with Crippen molar-refractivity contribution >= 4 is 17.8 Å². The van der Waals surface area contributed by atoms with Gasteiger partial charge in [0.1, 0.15) is 0 Å². The molecule has 0 aromatic heterocycles. The number of rotatable bonds is 2. The van der Waals surface area contributed by atoms with Gasteiger partial charge in [-0.25, -0.2) is 0 Å². The van der Waals surface area contributed by atoms with Crippen molar-refractivity contribution in [1.82, 2.24) is 0 Å². The first-order chi connectivity index (χ1) is 7.13. The standard InChI is InChI=1S/C12H13NO2/c1-8-3-4-11-9(5-8)10(6-13(11)2)12(15)7-14/h3-5,7,10H,6H2,1-2H3. The Morgan fingerprint density at radius 2 is 2.27 bits per heavy atom. The fraction of sp³-hybridized carbons (Fsp3) is 0.333. The van der Waals surface area contributed by atoms with Crippen molar-refractivity contribution in [2.75, 3.05) is 18.5 Å². The molecule has 1 unspecified atom stereocenters. The predicted molar refractivity (Wildman–Crippen MR) is 58.3 cm³/mol. The highest BCUT2D eigenvalue weighted by molar-refractivity contribution is 6.28. The second-order valence-electron chi connectivity index (χ2n) is 4.02. The van der Waals surface area contributed by atoms with Crippen molar-refractivity contribution in [3.63, 3.8) is 0 Å². The first kappa shape index (κ1) is 9.90. The molecule has 0 N–H and O–H groups in total. The van der Waals surface area contributed by atoms with Crippen LogP contribution in [0.3, 0.4) is 0 Å². The summed E-state index contributed by atoms with van der Waals surface area (Å²) in [4.78, 5) is 24.0. The van der Waals surface area contributed by atoms with E-state index in [1.165, 1.54) is 0 Å². The van der Waals surface area contributed by atoms with E-state index in [0.717, 1.165) is 16.8 Å². The van der Waals surface area contributed by atoms with E-state index in [9.17, 15) is 9.59 Å². The van der Waals surface area contributed by atoms with Crippen LogP contribution in [-0.4, -0.2) is 25.7 Å². The zero-order valence-corrected chi connectivity index (χ0v) is 8.86. The van der Waals surface area contributed by atoms with Crippen molar-refractivity contribution in [3.8, 4) is 0 Å². The third kappa shape index (κ3) is 1.54. The number of ketones is 1. The van der Waals surface area contributed by atoms with Gasteiger partial charge in [0.25, 0.3) is 0 Å². The van der Waals surface area contributed by atoms with Crippen molar-refractivity contribution in [2.24, 2.45) is 0 Å². The number of anilines is 1. The molecule has 0 spiro atoms. The van der Waals surface area contributed by atoms with Gasteiger partial charge in [0.2, 0.25) is 5.78 Å². The van der Waals surface area contributed by atoms with Gasteiger partial charge in [0, 0.05) is 19.3 Å². The predicted octanol–water partition coefficient (Wildman–Crippen LogP) is 1.30. The molecule has 78 valence electrons. The average molecular weight is 203 g/mol. The Morgan fingerprint density at radius 3 is 2.93 bits per heavy atom. The van der Waals surface area contributed by atoms with Crippen LogP contribution in [0.5, 0.6) is 0 Å². The Kier molecular flexibility index (Phi) is 2.31. The minimum Gasteiger partial charge on any atom is -0.373 e. The van der Waals surface area contributed by atoms with Crippen LogP contribution in [-0.2, 0) is 9.59 Å². The monoisotopic (exact) mass is 203 g/mol. The van der Waals surface area contributed by atoms with Gasteiger partial charge < -0.3 is 4.90 Å². The summed E-state index contributed by atoms with van der Waals surface area (Å²) < 4.78 is 0. The molecule has 3 nitrogen and oxygen atoms in total. The number of hydrogen-bond acceptors (Lipinski definition) is 3. The van der Waals surface area contributed by atoms with Gasteiger partial charge in [-0.15, -0.1) is 0 Å². The van der Waals surface area contributed by atoms with Gasteiger partial charge in [-0.2, -0.15) is 0 Å². The van der Waals surface area contributed by atoms with E-state index in [1.54, 1.807) is 0 Å². The molecule has 0 aliphatic carbocycles. The molecule has 1 atom stereocenters. The van der Waals surface area contributed by atoms with Crippen LogP contribution in [0, 0.1) is 6.92 Å². The summed E-state index contributed by atoms with van der Waals surface area (Å²) in [6.07, 6.45) is 0.427. The molecule has 1 aliphatic rings. The molecule has 3 heteroatoms. The molecule has 0 saturated carbocycles. The summed E-state index contributed by atoms with van der Waals surface area (Å²) >= 11 is 0. The first-order valence-corrected chi connectivity index (χ1v) is 4.94. The molecular formula is C12H13NO2. The van der Waals surface area contributed by atoms with Crippen LogP contribution in [0.15, 0.2) is 18.2 Å². The third-order valence-corrected chi connectivity index (χ3v) is 2.89. The summed E-state index contributed by atoms with van der Waals surface area (Å²) in [5.41, 5.74) is 3.16. The lowest BCUT2D eigenvalue weighted by Gasteiger charge is -2.11. The van der Waals surface area contributed by atoms with Crippen molar-refractivity contribution < 1.29 is 9.59 Å². The highest BCUT2D eigenvalue weighted by Gasteiger charge is 2.31. The number of aryl methyl sites for hydroxylation is 1. The largest absolute Gasteiger partial charge is 0.373 e. The molecule has 0 fully saturated rings. The number of carbonyl (C=O) groups excluding carboxylic acids is 2. The van der Waals surface area contributed by atoms with Gasteiger partial charge in [-0.3, -0.25) is 9.59 Å². The highest BCUT2D eigenvalue weighted by atomic mass is 16.2. The van der Waals surface area contributed by atoms with Crippen molar-refractivity contribution in [3.05, 3.63) is 29.3 Å². The molecular weight excluding hydrogens is 190 g/mol. The first-order valence-electron chi connectivity index (χ1n) is 4.94. The number of fused-ring (bicyclic) bond motifs is 1. The molecule has 2 rings (SSSR count). The number of carbonyl (C=O) groups is 2. The van der Waals surface area contributed by atoms with E-state index < -0.39 is 0 Å². The normalized spacial score (nSPS) is 18.8. The van der Waals surface area contributed by atoms with Gasteiger partial charge in [-0.05, 0) is 18.6 Å². The lowest BCUT2D eigenvalue weighted by atomic mass is 9.96. The van der Waals surface area contributed by atoms with E-state index in [4.69, 9.17) is 0 Å². The van der Waals surface area contributed by atoms with Crippen LogP contribution in [0.1, 0.15) is 17.0 Å². The second-order valence-corrected chi connectivity index (χ2v) is 4.02. The van der Waals surface area contributed by atoms with Gasteiger partial charge in [0.05, 0.1) is 5.92 Å². The third-order valence-electron chi connectivity index (χ3n) is 2.89. The van der Waals surface area contributed by atoms with Gasteiger partial charge in [-0.1, -0.05) is 17.7 Å². The zero-order valence-electron chi connectivity index (χ0n) is 8.86. The zero-order chi connectivity index (χ0) is 11.0. The SMILES string of the molecule is Cc1ccc2c(c1)C(C(=O)C=O)CN2C. The molecule has 0 amide bonds. The highest BCUT2D eigenvalue weighted by Crippen LogP contribution is 2.35. The Bertz CT molecular complexity index is 426. The van der Waals surface area contributed by atoms with Crippen LogP contribution < -0.4 is 4.90 Å². The Morgan fingerprint density at radius 1 is 1.53 bits per heavy atom. The van der Waals surface area contributed by atoms with E-state index in [-0.39, 0.29) is 11.7 Å². The maximum Gasteiger partial charge on any atom is 0.204 e. The number of aldehydes is 1. The van der Waals surface area contributed by atoms with Gasteiger partial charge >= 0.3 is 0 Å². The van der Waals surface area contributed by atoms with Crippen LogP contribution in [0.25, 0.3) is 0 Å². The summed E-state index contributed by atoms with van der Waals surface area (Å²) in [7, 11) is 1.94. The minimum atomic E-state index is -0.328. The van der Waals surface area contributed by atoms with Crippen LogP contribution in [0.4, 0.5) is 5.69 Å². The fourth-order valence-corrected chi connectivity index (χ4v) is 2.10. The molecule has 1 aliphatic heterocycles. The summed E-state index contributed by atoms with van der Waals surface area (Å²) in [6, 6.07) is 6.01. The van der Waals surface area contributed by atoms with E-state index in [1.807, 2.05) is 37.1 Å². The minimum absolute atomic E-state index is 0.276. The lowest BCUT2D eigenvalue weighted by molar-refractivity contribution is -0.130. The van der Waals surface area contributed by atoms with Crippen LogP contribution >= 0.6 is 0 Å². The average Bonchev–Trinajstić information content (AvgIpc) is 2.54. The second kappa shape index (κ2) is 3.50. The number of nitrogens with zero attached hydrogens (tertiary/aromatic N) is 1. The van der Waals surface area contributed by atoms with E-state index in [2.05, 4.69) is 0 Å². The number of likely N-dealkylation sites (N-methyl/N-ethyl adjacent to an activating group) is 1. The maximum atomic E-state index is 11.4. The molecule has 1 heterocycles. The summed E-state index contributed by atoms with van der Waals surface area (Å²) in [5.74, 6) is -0.603. The smallest absolute Gasteiger partial charge is 0.204 e. The van der Waals surface area contributed by atoms with Crippen molar-refractivity contribution in [1.29, 1.82) is 0 Å². The molecule has 0 saturated heterocycles. The van der Waals surface area contributed by atoms with E-state index >= 15 is 0 Å². The number of benzene rings is 1. The van der Waals surface area contributed by atoms with Crippen molar-refractivity contribution in [2.45, 2.75) is 12.8 Å². The Balaban J connectivity index is 2.48. The Labute approximate surface area is 88.7 Å². The summed E-state index contributed by atoms with van der Waals surface area (Å²) in [5, 5.41) is 0. The molecule has 0 radical (unpaired) electrons. The number of hydrogen-bond donors (Lipinski definition) is 0. The fourth-order valence-electron chi connectivity index (χ4n) is 2.10. The topological polar surface area (TPSA) is 37.4 Å².